The number of unbranched alkanes of at least 4 members (excludes halogenated alkanes) is 20. The summed E-state index contributed by atoms with van der Waals surface area (Å²) in [4.78, 5) is 13.4. The van der Waals surface area contributed by atoms with Crippen LogP contribution in [0.25, 0.3) is 0 Å². The average molecular weight is 1220 g/mol. The first-order chi connectivity index (χ1) is 41.8. The fourth-order valence-corrected chi connectivity index (χ4v) is 10.6. The molecule has 3 fully saturated rings. The van der Waals surface area contributed by atoms with Gasteiger partial charge in [0.1, 0.15) is 73.2 Å². The highest BCUT2D eigenvalue weighted by atomic mass is 16.8. The predicted molar refractivity (Wildman–Crippen MR) is 332 cm³/mol. The Hall–Kier alpha value is -3.03. The van der Waals surface area contributed by atoms with Gasteiger partial charge in [0, 0.05) is 6.42 Å². The number of hydrogen-bond donors (Lipinski definition) is 12. The van der Waals surface area contributed by atoms with E-state index in [1.165, 1.54) is 83.5 Å². The molecule has 3 aliphatic rings. The summed E-state index contributed by atoms with van der Waals surface area (Å²) in [5, 5.41) is 120. The van der Waals surface area contributed by atoms with Gasteiger partial charge in [-0.2, -0.15) is 0 Å². The Morgan fingerprint density at radius 3 is 1.30 bits per heavy atom. The first kappa shape index (κ1) is 77.2. The fraction of sp³-hybridized carbons (Fsp3) is 0.776. The molecule has 3 heterocycles. The van der Waals surface area contributed by atoms with Crippen LogP contribution in [0.15, 0.2) is 85.1 Å². The minimum atomic E-state index is -1.98. The molecule has 17 unspecified atom stereocenters. The topological polar surface area (TPSA) is 307 Å². The van der Waals surface area contributed by atoms with Crippen molar-refractivity contribution in [1.29, 1.82) is 0 Å². The zero-order valence-corrected chi connectivity index (χ0v) is 52.0. The van der Waals surface area contributed by atoms with Gasteiger partial charge >= 0.3 is 0 Å². The summed E-state index contributed by atoms with van der Waals surface area (Å²) in [6.07, 6.45) is 34.3. The molecule has 3 aliphatic heterocycles. The summed E-state index contributed by atoms with van der Waals surface area (Å²) in [6, 6.07) is -0.994. The third-order valence-electron chi connectivity index (χ3n) is 15.9. The summed E-state index contributed by atoms with van der Waals surface area (Å²) in [5.41, 5.74) is 0. The van der Waals surface area contributed by atoms with Crippen LogP contribution in [0.2, 0.25) is 0 Å². The summed E-state index contributed by atoms with van der Waals surface area (Å²) in [6.45, 7) is 1.55. The van der Waals surface area contributed by atoms with Crippen LogP contribution in [0.1, 0.15) is 200 Å². The highest BCUT2D eigenvalue weighted by Gasteiger charge is 2.53. The number of allylic oxidation sites excluding steroid dienone is 13. The van der Waals surface area contributed by atoms with Crippen LogP contribution in [0.3, 0.4) is 0 Å². The summed E-state index contributed by atoms with van der Waals surface area (Å²) in [5.74, 6) is -0.292. The molecule has 19 heteroatoms. The van der Waals surface area contributed by atoms with Crippen molar-refractivity contribution in [3.63, 3.8) is 0 Å². The van der Waals surface area contributed by atoms with Gasteiger partial charge in [0.25, 0.3) is 0 Å². The van der Waals surface area contributed by atoms with Crippen LogP contribution in [0.4, 0.5) is 0 Å². The third kappa shape index (κ3) is 31.1. The molecule has 0 radical (unpaired) electrons. The quantitative estimate of drug-likeness (QED) is 0.0207. The van der Waals surface area contributed by atoms with Crippen molar-refractivity contribution >= 4 is 5.91 Å². The lowest BCUT2D eigenvalue weighted by atomic mass is 9.96. The van der Waals surface area contributed by atoms with E-state index < -0.39 is 124 Å². The predicted octanol–water partition coefficient (Wildman–Crippen LogP) is 7.54. The van der Waals surface area contributed by atoms with E-state index >= 15 is 0 Å². The largest absolute Gasteiger partial charge is 0.394 e. The number of rotatable bonds is 48. The molecule has 0 spiro atoms. The Morgan fingerprint density at radius 1 is 0.430 bits per heavy atom. The Labute approximate surface area is 514 Å². The van der Waals surface area contributed by atoms with Crippen molar-refractivity contribution in [2.75, 3.05) is 26.4 Å². The number of hydrogen-bond acceptors (Lipinski definition) is 18. The monoisotopic (exact) mass is 1220 g/mol. The standard InChI is InChI=1S/C67H115NO18/c1-3-5-7-9-11-13-15-17-18-19-20-21-22-23-24-25-26-27-28-29-30-31-32-33-35-37-39-41-43-45-55(73)68-50(51(72)44-42-40-38-36-34-16-14-12-10-8-6-4-2)49-81-65-61(79)58(76)63(53(47-70)83-65)86-67-62(80)59(77)64(54(48-71)84-67)85-66-60(78)57(75)56(74)52(46-69)82-66/h5,7,11,13,17-18,20-21,23-24,34,36,42,44,50-54,56-67,69-72,74-80H,3-4,6,8-10,12,14-16,19,22,25-33,35,37-41,43,45-49H2,1-2H3,(H,68,73)/b7-5-,13-11-,18-17-,21-20-,24-23-,36-34+,44-42+. The van der Waals surface area contributed by atoms with Gasteiger partial charge in [-0.3, -0.25) is 4.79 Å². The van der Waals surface area contributed by atoms with Crippen molar-refractivity contribution in [3.8, 4) is 0 Å². The molecule has 19 nitrogen and oxygen atoms in total. The molecule has 12 N–H and O–H groups in total. The van der Waals surface area contributed by atoms with Gasteiger partial charge in [0.05, 0.1) is 38.6 Å². The van der Waals surface area contributed by atoms with Crippen molar-refractivity contribution in [2.24, 2.45) is 0 Å². The van der Waals surface area contributed by atoms with E-state index in [0.29, 0.717) is 12.8 Å². The van der Waals surface area contributed by atoms with E-state index in [1.54, 1.807) is 6.08 Å². The van der Waals surface area contributed by atoms with Gasteiger partial charge in [-0.25, -0.2) is 0 Å². The average Bonchev–Trinajstić information content (AvgIpc) is 2.62. The second kappa shape index (κ2) is 48.8. The highest BCUT2D eigenvalue weighted by Crippen LogP contribution is 2.33. The van der Waals surface area contributed by atoms with E-state index in [-0.39, 0.29) is 18.9 Å². The molecule has 0 aliphatic carbocycles. The number of carbonyl (C=O) groups excluding carboxylic acids is 1. The molecule has 0 aromatic heterocycles. The highest BCUT2D eigenvalue weighted by molar-refractivity contribution is 5.76. The Balaban J connectivity index is 1.41. The summed E-state index contributed by atoms with van der Waals surface area (Å²) >= 11 is 0. The third-order valence-corrected chi connectivity index (χ3v) is 15.9. The van der Waals surface area contributed by atoms with Crippen LogP contribution in [0.5, 0.6) is 0 Å². The van der Waals surface area contributed by atoms with E-state index in [9.17, 15) is 61.0 Å². The Morgan fingerprint density at radius 2 is 0.814 bits per heavy atom. The van der Waals surface area contributed by atoms with Crippen LogP contribution in [-0.2, 0) is 33.2 Å². The number of amides is 1. The molecule has 3 rings (SSSR count). The van der Waals surface area contributed by atoms with Crippen molar-refractivity contribution in [3.05, 3.63) is 85.1 Å². The molecule has 0 aromatic carbocycles. The molecule has 0 aromatic rings. The van der Waals surface area contributed by atoms with Gasteiger partial charge in [0.2, 0.25) is 5.91 Å². The maximum atomic E-state index is 13.4. The number of nitrogens with one attached hydrogen (secondary N) is 1. The van der Waals surface area contributed by atoms with E-state index in [1.807, 2.05) is 6.08 Å². The van der Waals surface area contributed by atoms with Gasteiger partial charge in [0.15, 0.2) is 18.9 Å². The van der Waals surface area contributed by atoms with Gasteiger partial charge in [-0.15, -0.1) is 0 Å². The maximum absolute atomic E-state index is 13.4. The van der Waals surface area contributed by atoms with Gasteiger partial charge < -0.3 is 89.9 Å². The first-order valence-electron chi connectivity index (χ1n) is 32.8. The van der Waals surface area contributed by atoms with E-state index in [0.717, 1.165) is 83.5 Å². The number of aliphatic hydroxyl groups excluding tert-OH is 11. The molecule has 496 valence electrons. The lowest BCUT2D eigenvalue weighted by Gasteiger charge is -2.48. The minimum Gasteiger partial charge on any atom is -0.394 e. The number of aliphatic hydroxyl groups is 11. The minimum absolute atomic E-state index is 0.229. The molecule has 0 bridgehead atoms. The van der Waals surface area contributed by atoms with Crippen molar-refractivity contribution < 1.29 is 89.4 Å². The number of carbonyl (C=O) groups is 1. The zero-order valence-electron chi connectivity index (χ0n) is 52.0. The molecule has 86 heavy (non-hydrogen) atoms. The fourth-order valence-electron chi connectivity index (χ4n) is 10.6. The number of ether oxygens (including phenoxy) is 6. The lowest BCUT2D eigenvalue weighted by Crippen LogP contribution is -2.66. The van der Waals surface area contributed by atoms with Crippen LogP contribution < -0.4 is 5.32 Å². The summed E-state index contributed by atoms with van der Waals surface area (Å²) in [7, 11) is 0. The second-order valence-corrected chi connectivity index (χ2v) is 23.2. The molecule has 0 saturated carbocycles. The maximum Gasteiger partial charge on any atom is 0.220 e. The molecular weight excluding hydrogens is 1110 g/mol. The molecule has 1 amide bonds. The molecular formula is C67H115NO18. The molecule has 17 atom stereocenters. The van der Waals surface area contributed by atoms with Crippen LogP contribution in [0, 0.1) is 0 Å². The zero-order chi connectivity index (χ0) is 62.6. The Kier molecular flexibility index (Phi) is 43.8. The van der Waals surface area contributed by atoms with Gasteiger partial charge in [-0.1, -0.05) is 202 Å². The van der Waals surface area contributed by atoms with Crippen LogP contribution >= 0.6 is 0 Å². The summed E-state index contributed by atoms with van der Waals surface area (Å²) < 4.78 is 34.2. The second-order valence-electron chi connectivity index (χ2n) is 23.2. The molecule has 3 saturated heterocycles. The van der Waals surface area contributed by atoms with E-state index in [4.69, 9.17) is 28.4 Å². The smallest absolute Gasteiger partial charge is 0.220 e. The lowest BCUT2D eigenvalue weighted by molar-refractivity contribution is -0.379. The van der Waals surface area contributed by atoms with Crippen molar-refractivity contribution in [1.82, 2.24) is 5.32 Å². The van der Waals surface area contributed by atoms with Gasteiger partial charge in [-0.05, 0) is 77.0 Å². The Bertz CT molecular complexity index is 1890. The van der Waals surface area contributed by atoms with Crippen molar-refractivity contribution in [2.45, 2.75) is 304 Å². The SMILES string of the molecule is CC/C=C\C/C=C\C/C=C\C/C=C\C/C=C\CCCCCCCCCCCCCCCC(=O)NC(COC1OC(CO)C(OC2OC(CO)C(OC3OC(CO)C(O)C(O)C3O)C(O)C2O)C(O)C1O)C(O)/C=C/CC/C=C/CCCCCCCC. The van der Waals surface area contributed by atoms with Crippen LogP contribution in [-0.4, -0.2) is 193 Å². The van der Waals surface area contributed by atoms with E-state index in [2.05, 4.69) is 92.1 Å². The normalized spacial score (nSPS) is 29.3. The first-order valence-corrected chi connectivity index (χ1v) is 32.8.